The second-order valence-electron chi connectivity index (χ2n) is 4.84. The number of anilines is 1. The van der Waals surface area contributed by atoms with Crippen molar-refractivity contribution in [2.24, 2.45) is 11.8 Å². The maximum atomic E-state index is 11.9. The van der Waals surface area contributed by atoms with Gasteiger partial charge in [-0.25, -0.2) is 4.68 Å². The lowest BCUT2D eigenvalue weighted by Crippen LogP contribution is -2.24. The molecule has 98 valence electrons. The van der Waals surface area contributed by atoms with Gasteiger partial charge in [0, 0.05) is 6.54 Å². The third-order valence-electron chi connectivity index (χ3n) is 3.33. The standard InChI is InChI=1S/C13H18ClN3O/c1-3-6-17-13(18)12(14)11(8-16-17)15-7-9(2)10-4-5-10/h3,8-10,15H,1,4-7H2,2H3. The molecule has 18 heavy (non-hydrogen) atoms. The molecular weight excluding hydrogens is 250 g/mol. The molecule has 1 atom stereocenters. The molecule has 0 saturated heterocycles. The Labute approximate surface area is 112 Å². The Kier molecular flexibility index (Phi) is 4.07. The number of nitrogens with one attached hydrogen (secondary N) is 1. The first-order valence-electron chi connectivity index (χ1n) is 6.24. The van der Waals surface area contributed by atoms with Crippen molar-refractivity contribution in [1.82, 2.24) is 9.78 Å². The van der Waals surface area contributed by atoms with Gasteiger partial charge in [-0.15, -0.1) is 6.58 Å². The van der Waals surface area contributed by atoms with E-state index in [9.17, 15) is 4.79 Å². The zero-order chi connectivity index (χ0) is 13.1. The molecular formula is C13H18ClN3O. The van der Waals surface area contributed by atoms with Crippen LogP contribution in [0, 0.1) is 11.8 Å². The lowest BCUT2D eigenvalue weighted by molar-refractivity contribution is 0.536. The summed E-state index contributed by atoms with van der Waals surface area (Å²) in [5.41, 5.74) is 0.343. The molecule has 0 amide bonds. The van der Waals surface area contributed by atoms with Gasteiger partial charge in [0.1, 0.15) is 5.02 Å². The molecule has 1 fully saturated rings. The van der Waals surface area contributed by atoms with Crippen molar-refractivity contribution in [3.8, 4) is 0 Å². The van der Waals surface area contributed by atoms with Gasteiger partial charge in [-0.2, -0.15) is 5.10 Å². The number of nitrogens with zero attached hydrogens (tertiary/aromatic N) is 2. The zero-order valence-electron chi connectivity index (χ0n) is 10.5. The lowest BCUT2D eigenvalue weighted by Gasteiger charge is -2.13. The fourth-order valence-corrected chi connectivity index (χ4v) is 2.16. The Hall–Kier alpha value is -1.29. The van der Waals surface area contributed by atoms with Crippen molar-refractivity contribution in [2.45, 2.75) is 26.3 Å². The Morgan fingerprint density at radius 3 is 3.06 bits per heavy atom. The van der Waals surface area contributed by atoms with Gasteiger partial charge in [-0.05, 0) is 24.7 Å². The van der Waals surface area contributed by atoms with Crippen LogP contribution in [0.3, 0.4) is 0 Å². The number of hydrogen-bond donors (Lipinski definition) is 1. The molecule has 4 nitrogen and oxygen atoms in total. The highest BCUT2D eigenvalue weighted by Gasteiger charge is 2.27. The van der Waals surface area contributed by atoms with Crippen molar-refractivity contribution < 1.29 is 0 Å². The minimum Gasteiger partial charge on any atom is -0.382 e. The van der Waals surface area contributed by atoms with E-state index in [-0.39, 0.29) is 10.6 Å². The minimum absolute atomic E-state index is 0.204. The molecule has 5 heteroatoms. The molecule has 1 N–H and O–H groups in total. The Bertz CT molecular complexity index is 493. The minimum atomic E-state index is -0.277. The number of rotatable bonds is 6. The van der Waals surface area contributed by atoms with Crippen LogP contribution in [0.5, 0.6) is 0 Å². The zero-order valence-corrected chi connectivity index (χ0v) is 11.3. The van der Waals surface area contributed by atoms with Crippen LogP contribution in [0.15, 0.2) is 23.6 Å². The number of hydrogen-bond acceptors (Lipinski definition) is 3. The quantitative estimate of drug-likeness (QED) is 0.806. The fourth-order valence-electron chi connectivity index (χ4n) is 1.94. The van der Waals surface area contributed by atoms with E-state index in [0.717, 1.165) is 12.5 Å². The highest BCUT2D eigenvalue weighted by atomic mass is 35.5. The van der Waals surface area contributed by atoms with E-state index in [0.29, 0.717) is 18.2 Å². The number of allylic oxidation sites excluding steroid dienone is 1. The molecule has 1 aliphatic rings. The number of halogens is 1. The summed E-state index contributed by atoms with van der Waals surface area (Å²) in [4.78, 5) is 11.9. The Morgan fingerprint density at radius 2 is 2.44 bits per heavy atom. The normalized spacial score (nSPS) is 16.3. The molecule has 1 aromatic rings. The molecule has 1 aliphatic carbocycles. The van der Waals surface area contributed by atoms with Gasteiger partial charge in [0.25, 0.3) is 5.56 Å². The second-order valence-corrected chi connectivity index (χ2v) is 5.22. The van der Waals surface area contributed by atoms with Crippen LogP contribution in [0.2, 0.25) is 5.02 Å². The first-order chi connectivity index (χ1) is 8.63. The van der Waals surface area contributed by atoms with E-state index in [1.165, 1.54) is 17.5 Å². The molecule has 0 aromatic carbocycles. The monoisotopic (exact) mass is 267 g/mol. The summed E-state index contributed by atoms with van der Waals surface area (Å²) in [7, 11) is 0. The second kappa shape index (κ2) is 5.57. The topological polar surface area (TPSA) is 46.9 Å². The summed E-state index contributed by atoms with van der Waals surface area (Å²) < 4.78 is 1.30. The van der Waals surface area contributed by atoms with Crippen LogP contribution in [0.1, 0.15) is 19.8 Å². The predicted molar refractivity (Wildman–Crippen MR) is 74.1 cm³/mol. The van der Waals surface area contributed by atoms with Crippen LogP contribution in [-0.4, -0.2) is 16.3 Å². The number of aromatic nitrogens is 2. The van der Waals surface area contributed by atoms with Gasteiger partial charge in [0.2, 0.25) is 0 Å². The van der Waals surface area contributed by atoms with E-state index in [4.69, 9.17) is 11.6 Å². The molecule has 0 radical (unpaired) electrons. The van der Waals surface area contributed by atoms with Crippen LogP contribution < -0.4 is 10.9 Å². The summed E-state index contributed by atoms with van der Waals surface area (Å²) in [6, 6.07) is 0. The molecule has 1 aromatic heterocycles. The molecule has 1 saturated carbocycles. The molecule has 0 aliphatic heterocycles. The third kappa shape index (κ3) is 2.93. The van der Waals surface area contributed by atoms with E-state index in [1.54, 1.807) is 12.3 Å². The van der Waals surface area contributed by atoms with Gasteiger partial charge >= 0.3 is 0 Å². The third-order valence-corrected chi connectivity index (χ3v) is 3.69. The van der Waals surface area contributed by atoms with Crippen molar-refractivity contribution in [3.05, 3.63) is 34.2 Å². The van der Waals surface area contributed by atoms with Crippen molar-refractivity contribution in [1.29, 1.82) is 0 Å². The van der Waals surface area contributed by atoms with Crippen LogP contribution >= 0.6 is 11.6 Å². The summed E-state index contributed by atoms with van der Waals surface area (Å²) in [5.74, 6) is 1.43. The average molecular weight is 268 g/mol. The maximum absolute atomic E-state index is 11.9. The summed E-state index contributed by atoms with van der Waals surface area (Å²) in [6.45, 7) is 6.99. The first kappa shape index (κ1) is 13.1. The van der Waals surface area contributed by atoms with Gasteiger partial charge in [-0.3, -0.25) is 4.79 Å². The van der Waals surface area contributed by atoms with E-state index < -0.39 is 0 Å². The van der Waals surface area contributed by atoms with Crippen molar-refractivity contribution >= 4 is 17.3 Å². The van der Waals surface area contributed by atoms with Gasteiger partial charge in [0.15, 0.2) is 0 Å². The molecule has 1 heterocycles. The van der Waals surface area contributed by atoms with Crippen molar-refractivity contribution in [2.75, 3.05) is 11.9 Å². The molecule has 0 bridgehead atoms. The summed E-state index contributed by atoms with van der Waals surface area (Å²) >= 11 is 6.04. The summed E-state index contributed by atoms with van der Waals surface area (Å²) in [6.07, 6.45) is 5.85. The van der Waals surface area contributed by atoms with E-state index >= 15 is 0 Å². The van der Waals surface area contributed by atoms with E-state index in [1.807, 2.05) is 0 Å². The SMILES string of the molecule is C=CCn1ncc(NCC(C)C2CC2)c(Cl)c1=O. The smallest absolute Gasteiger partial charge is 0.287 e. The Morgan fingerprint density at radius 1 is 1.72 bits per heavy atom. The lowest BCUT2D eigenvalue weighted by atomic mass is 10.1. The van der Waals surface area contributed by atoms with Crippen LogP contribution in [-0.2, 0) is 6.54 Å². The van der Waals surface area contributed by atoms with Gasteiger partial charge < -0.3 is 5.32 Å². The largest absolute Gasteiger partial charge is 0.382 e. The molecule has 2 rings (SSSR count). The van der Waals surface area contributed by atoms with Gasteiger partial charge in [-0.1, -0.05) is 24.6 Å². The van der Waals surface area contributed by atoms with Crippen LogP contribution in [0.4, 0.5) is 5.69 Å². The van der Waals surface area contributed by atoms with Crippen LogP contribution in [0.25, 0.3) is 0 Å². The van der Waals surface area contributed by atoms with Gasteiger partial charge in [0.05, 0.1) is 18.4 Å². The molecule has 0 spiro atoms. The highest BCUT2D eigenvalue weighted by Crippen LogP contribution is 2.36. The fraction of sp³-hybridized carbons (Fsp3) is 0.538. The van der Waals surface area contributed by atoms with Crippen molar-refractivity contribution in [3.63, 3.8) is 0 Å². The molecule has 1 unspecified atom stereocenters. The first-order valence-corrected chi connectivity index (χ1v) is 6.61. The highest BCUT2D eigenvalue weighted by molar-refractivity contribution is 6.32. The average Bonchev–Trinajstić information content (AvgIpc) is 3.18. The Balaban J connectivity index is 2.06. The predicted octanol–water partition coefficient (Wildman–Crippen LogP) is 2.54. The maximum Gasteiger partial charge on any atom is 0.287 e. The van der Waals surface area contributed by atoms with E-state index in [2.05, 4.69) is 23.9 Å². The summed E-state index contributed by atoms with van der Waals surface area (Å²) in [5, 5.41) is 7.47.